The number of aryl methyl sites for hydroxylation is 1. The third-order valence-electron chi connectivity index (χ3n) is 6.30. The molecule has 0 aliphatic rings. The Balaban J connectivity index is 1.29. The van der Waals surface area contributed by atoms with Gasteiger partial charge >= 0.3 is 5.97 Å². The van der Waals surface area contributed by atoms with Crippen LogP contribution in [0, 0.1) is 6.92 Å². The van der Waals surface area contributed by atoms with Crippen LogP contribution in [0.4, 0.5) is 0 Å². The first-order chi connectivity index (χ1) is 17.9. The molecule has 0 saturated heterocycles. The van der Waals surface area contributed by atoms with E-state index in [2.05, 4.69) is 50.2 Å². The van der Waals surface area contributed by atoms with Crippen molar-refractivity contribution >= 4 is 5.97 Å². The number of hydrogen-bond donors (Lipinski definition) is 0. The number of hydrogen-bond acceptors (Lipinski definition) is 4. The van der Waals surface area contributed by atoms with Crippen LogP contribution in [0.2, 0.25) is 0 Å². The Hall–Kier alpha value is -4.05. The molecule has 4 rings (SSSR count). The first kappa shape index (κ1) is 26.0. The smallest absolute Gasteiger partial charge is 0.308 e. The Kier molecular flexibility index (Phi) is 8.63. The summed E-state index contributed by atoms with van der Waals surface area (Å²) in [6.07, 6.45) is 0.941. The van der Waals surface area contributed by atoms with Gasteiger partial charge in [-0.15, -0.1) is 0 Å². The Labute approximate surface area is 219 Å². The summed E-state index contributed by atoms with van der Waals surface area (Å²) >= 11 is 0. The zero-order valence-electron chi connectivity index (χ0n) is 21.9. The van der Waals surface area contributed by atoms with Crippen molar-refractivity contribution in [2.45, 2.75) is 46.1 Å². The van der Waals surface area contributed by atoms with E-state index in [0.29, 0.717) is 18.3 Å². The molecule has 2 unspecified atom stereocenters. The van der Waals surface area contributed by atoms with E-state index in [-0.39, 0.29) is 12.1 Å². The minimum Gasteiger partial charge on any atom is -0.490 e. The molecule has 0 radical (unpaired) electrons. The van der Waals surface area contributed by atoms with Gasteiger partial charge in [0.2, 0.25) is 0 Å². The van der Waals surface area contributed by atoms with E-state index in [9.17, 15) is 4.79 Å². The molecule has 4 nitrogen and oxygen atoms in total. The molecule has 0 N–H and O–H groups in total. The van der Waals surface area contributed by atoms with Crippen molar-refractivity contribution in [3.63, 3.8) is 0 Å². The minimum absolute atomic E-state index is 0.107. The molecule has 2 atom stereocenters. The van der Waals surface area contributed by atoms with E-state index in [0.717, 1.165) is 29.0 Å². The van der Waals surface area contributed by atoms with E-state index in [1.165, 1.54) is 23.6 Å². The Morgan fingerprint density at radius 3 is 1.70 bits per heavy atom. The normalized spacial score (nSPS) is 12.4. The summed E-state index contributed by atoms with van der Waals surface area (Å²) < 4.78 is 17.1. The highest BCUT2D eigenvalue weighted by molar-refractivity contribution is 5.70. The second kappa shape index (κ2) is 12.3. The predicted molar refractivity (Wildman–Crippen MR) is 149 cm³/mol. The molecule has 0 bridgehead atoms. The molecule has 190 valence electrons. The molecule has 0 heterocycles. The van der Waals surface area contributed by atoms with Crippen molar-refractivity contribution in [3.05, 3.63) is 114 Å². The van der Waals surface area contributed by atoms with Crippen LogP contribution in [0.15, 0.2) is 97.1 Å². The molecule has 0 aromatic heterocycles. The molecule has 0 aliphatic heterocycles. The molecule has 4 aromatic rings. The van der Waals surface area contributed by atoms with Crippen molar-refractivity contribution in [1.29, 1.82) is 0 Å². The third kappa shape index (κ3) is 7.23. The van der Waals surface area contributed by atoms with E-state index < -0.39 is 0 Å². The Bertz CT molecular complexity index is 1270. The predicted octanol–water partition coefficient (Wildman–Crippen LogP) is 7.98. The minimum atomic E-state index is -0.326. The highest BCUT2D eigenvalue weighted by Gasteiger charge is 2.13. The van der Waals surface area contributed by atoms with Gasteiger partial charge in [0.1, 0.15) is 30.0 Å². The zero-order chi connectivity index (χ0) is 26.2. The molecule has 0 fully saturated rings. The maximum Gasteiger partial charge on any atom is 0.308 e. The van der Waals surface area contributed by atoms with Gasteiger partial charge in [0.15, 0.2) is 0 Å². The number of carbonyl (C=O) groups excluding carboxylic acids is 1. The van der Waals surface area contributed by atoms with Gasteiger partial charge in [-0.1, -0.05) is 73.2 Å². The van der Waals surface area contributed by atoms with E-state index >= 15 is 0 Å². The lowest BCUT2D eigenvalue weighted by molar-refractivity contribution is -0.131. The Morgan fingerprint density at radius 2 is 1.19 bits per heavy atom. The van der Waals surface area contributed by atoms with Gasteiger partial charge in [0.05, 0.1) is 0 Å². The number of carbonyl (C=O) groups is 1. The van der Waals surface area contributed by atoms with Crippen LogP contribution in [0.25, 0.3) is 11.1 Å². The van der Waals surface area contributed by atoms with Gasteiger partial charge in [-0.05, 0) is 78.9 Å². The van der Waals surface area contributed by atoms with Crippen molar-refractivity contribution in [3.8, 4) is 28.4 Å². The van der Waals surface area contributed by atoms with Gasteiger partial charge in [-0.3, -0.25) is 4.79 Å². The second-order valence-corrected chi connectivity index (χ2v) is 9.32. The molecule has 0 aliphatic carbocycles. The molecular formula is C33H34O4. The van der Waals surface area contributed by atoms with Crippen molar-refractivity contribution < 1.29 is 19.0 Å². The summed E-state index contributed by atoms with van der Waals surface area (Å²) in [6, 6.07) is 32.6. The van der Waals surface area contributed by atoms with Gasteiger partial charge in [-0.25, -0.2) is 0 Å². The van der Waals surface area contributed by atoms with Gasteiger partial charge in [-0.2, -0.15) is 0 Å². The lowest BCUT2D eigenvalue weighted by atomic mass is 9.89. The third-order valence-corrected chi connectivity index (χ3v) is 6.30. The highest BCUT2D eigenvalue weighted by Crippen LogP contribution is 2.30. The number of benzene rings is 4. The summed E-state index contributed by atoms with van der Waals surface area (Å²) in [7, 11) is 0. The lowest BCUT2D eigenvalue weighted by Gasteiger charge is -2.18. The molecule has 0 amide bonds. The highest BCUT2D eigenvalue weighted by atomic mass is 16.5. The fourth-order valence-corrected chi connectivity index (χ4v) is 4.35. The first-order valence-corrected chi connectivity index (χ1v) is 12.8. The van der Waals surface area contributed by atoms with Crippen molar-refractivity contribution in [2.24, 2.45) is 0 Å². The van der Waals surface area contributed by atoms with Crippen LogP contribution in [0.5, 0.6) is 17.2 Å². The zero-order valence-corrected chi connectivity index (χ0v) is 21.9. The summed E-state index contributed by atoms with van der Waals surface area (Å²) in [6.45, 7) is 8.19. The van der Waals surface area contributed by atoms with Gasteiger partial charge < -0.3 is 14.2 Å². The first-order valence-electron chi connectivity index (χ1n) is 12.8. The van der Waals surface area contributed by atoms with Crippen LogP contribution < -0.4 is 14.2 Å². The number of ether oxygens (including phenoxy) is 3. The van der Waals surface area contributed by atoms with Gasteiger partial charge in [0, 0.05) is 12.8 Å². The second-order valence-electron chi connectivity index (χ2n) is 9.32. The number of esters is 1. The fraction of sp³-hybridized carbons (Fsp3) is 0.242. The maximum absolute atomic E-state index is 11.1. The molecule has 4 heteroatoms. The van der Waals surface area contributed by atoms with Crippen LogP contribution in [-0.2, 0) is 4.79 Å². The molecule has 37 heavy (non-hydrogen) atoms. The summed E-state index contributed by atoms with van der Waals surface area (Å²) in [5, 5.41) is 0. The van der Waals surface area contributed by atoms with Crippen LogP contribution in [-0.4, -0.2) is 18.7 Å². The average Bonchev–Trinajstić information content (AvgIpc) is 2.90. The SMILES string of the molecule is CCC(c1ccc(C)cc1)c1ccc(OCC(C)Oc2ccc(-c3ccc(OC(C)=O)cc3)cc2)cc1. The largest absolute Gasteiger partial charge is 0.490 e. The topological polar surface area (TPSA) is 44.8 Å². The monoisotopic (exact) mass is 494 g/mol. The molecule has 0 saturated carbocycles. The quantitative estimate of drug-likeness (QED) is 0.166. The van der Waals surface area contributed by atoms with E-state index in [4.69, 9.17) is 14.2 Å². The van der Waals surface area contributed by atoms with E-state index in [1.54, 1.807) is 12.1 Å². The molecule has 0 spiro atoms. The van der Waals surface area contributed by atoms with Crippen LogP contribution in [0.1, 0.15) is 49.8 Å². The Morgan fingerprint density at radius 1 is 0.703 bits per heavy atom. The van der Waals surface area contributed by atoms with Crippen molar-refractivity contribution in [2.75, 3.05) is 6.61 Å². The maximum atomic E-state index is 11.1. The number of rotatable bonds is 10. The van der Waals surface area contributed by atoms with Crippen LogP contribution in [0.3, 0.4) is 0 Å². The van der Waals surface area contributed by atoms with Crippen LogP contribution >= 0.6 is 0 Å². The summed E-state index contributed by atoms with van der Waals surface area (Å²) in [4.78, 5) is 11.1. The summed E-state index contributed by atoms with van der Waals surface area (Å²) in [5.41, 5.74) is 6.01. The standard InChI is InChI=1S/C33H34O4/c1-5-33(28-8-6-23(2)7-9-28)29-14-16-30(17-15-29)35-22-24(3)36-31-18-10-26(11-19-31)27-12-20-32(21-13-27)37-25(4)34/h6-21,24,33H,5,22H2,1-4H3. The van der Waals surface area contributed by atoms with Gasteiger partial charge in [0.25, 0.3) is 0 Å². The average molecular weight is 495 g/mol. The lowest BCUT2D eigenvalue weighted by Crippen LogP contribution is -2.21. The fourth-order valence-electron chi connectivity index (χ4n) is 4.35. The summed E-state index contributed by atoms with van der Waals surface area (Å²) in [5.74, 6) is 2.22. The molecular weight excluding hydrogens is 460 g/mol. The van der Waals surface area contributed by atoms with Crippen molar-refractivity contribution in [1.82, 2.24) is 0 Å². The molecule has 4 aromatic carbocycles. The van der Waals surface area contributed by atoms with E-state index in [1.807, 2.05) is 55.5 Å².